The van der Waals surface area contributed by atoms with Gasteiger partial charge in [-0.3, -0.25) is 4.98 Å². The van der Waals surface area contributed by atoms with E-state index in [-0.39, 0.29) is 6.04 Å². The number of fused-ring (bicyclic) bond motifs is 1. The molecule has 1 heterocycles. The van der Waals surface area contributed by atoms with Crippen LogP contribution in [0.4, 0.5) is 0 Å². The monoisotopic (exact) mass is 300 g/mol. The molecule has 108 valence electrons. The first-order chi connectivity index (χ1) is 10.2. The van der Waals surface area contributed by atoms with Crippen molar-refractivity contribution in [1.29, 1.82) is 0 Å². The molecule has 0 fully saturated rings. The molecule has 0 saturated heterocycles. The normalized spacial score (nSPS) is 12.7. The number of rotatable bonds is 4. The summed E-state index contributed by atoms with van der Waals surface area (Å²) in [4.78, 5) is 15.2. The molecule has 3 rings (SSSR count). The Labute approximate surface area is 126 Å². The van der Waals surface area contributed by atoms with Gasteiger partial charge in [0, 0.05) is 4.90 Å². The molecule has 0 spiro atoms. The number of thioether (sulfide) groups is 1. The molecule has 5 heteroatoms. The fraction of sp³-hybridized carbons (Fsp3) is 0.188. The summed E-state index contributed by atoms with van der Waals surface area (Å²) >= 11 is 1.72. The summed E-state index contributed by atoms with van der Waals surface area (Å²) in [6.45, 7) is 0. The highest BCUT2D eigenvalue weighted by molar-refractivity contribution is 7.98. The first kappa shape index (κ1) is 14.0. The zero-order chi connectivity index (χ0) is 14.8. The van der Waals surface area contributed by atoms with Gasteiger partial charge in [0.15, 0.2) is 5.58 Å². The van der Waals surface area contributed by atoms with Crippen molar-refractivity contribution in [3.05, 3.63) is 64.1 Å². The summed E-state index contributed by atoms with van der Waals surface area (Å²) in [6.07, 6.45) is 2.07. The third kappa shape index (κ3) is 2.62. The van der Waals surface area contributed by atoms with Gasteiger partial charge in [-0.25, -0.2) is 4.79 Å². The lowest BCUT2D eigenvalue weighted by Gasteiger charge is -2.19. The minimum absolute atomic E-state index is 0.0539. The first-order valence-corrected chi connectivity index (χ1v) is 7.88. The van der Waals surface area contributed by atoms with Crippen molar-refractivity contribution in [3.8, 4) is 0 Å². The van der Waals surface area contributed by atoms with Crippen molar-refractivity contribution in [2.24, 2.45) is 0 Å². The van der Waals surface area contributed by atoms with Crippen LogP contribution in [0, 0.1) is 0 Å². The van der Waals surface area contributed by atoms with E-state index >= 15 is 0 Å². The van der Waals surface area contributed by atoms with Gasteiger partial charge in [0.05, 0.1) is 11.6 Å². The SMILES string of the molecule is CNC(c1ccc2[nH]c(=O)oc2c1)c1ccccc1SC. The maximum atomic E-state index is 11.3. The van der Waals surface area contributed by atoms with Crippen molar-refractivity contribution < 1.29 is 4.42 Å². The van der Waals surface area contributed by atoms with E-state index in [1.54, 1.807) is 11.8 Å². The molecule has 21 heavy (non-hydrogen) atoms. The van der Waals surface area contributed by atoms with Crippen molar-refractivity contribution in [1.82, 2.24) is 10.3 Å². The average Bonchev–Trinajstić information content (AvgIpc) is 2.88. The lowest BCUT2D eigenvalue weighted by molar-refractivity contribution is 0.554. The molecule has 1 aromatic heterocycles. The number of hydrogen-bond donors (Lipinski definition) is 2. The molecular formula is C16H16N2O2S. The lowest BCUT2D eigenvalue weighted by Crippen LogP contribution is -2.18. The molecule has 2 N–H and O–H groups in total. The van der Waals surface area contributed by atoms with E-state index in [0.29, 0.717) is 5.58 Å². The van der Waals surface area contributed by atoms with E-state index in [4.69, 9.17) is 4.42 Å². The summed E-state index contributed by atoms with van der Waals surface area (Å²) in [6, 6.07) is 14.1. The van der Waals surface area contributed by atoms with E-state index in [1.807, 2.05) is 37.4 Å². The smallest absolute Gasteiger partial charge is 0.408 e. The van der Waals surface area contributed by atoms with E-state index in [1.165, 1.54) is 10.5 Å². The number of oxazole rings is 1. The van der Waals surface area contributed by atoms with E-state index in [0.717, 1.165) is 11.1 Å². The predicted octanol–water partition coefficient (Wildman–Crippen LogP) is 3.15. The van der Waals surface area contributed by atoms with Crippen LogP contribution >= 0.6 is 11.8 Å². The van der Waals surface area contributed by atoms with Crippen molar-refractivity contribution >= 4 is 22.9 Å². The molecule has 1 unspecified atom stereocenters. The maximum absolute atomic E-state index is 11.3. The Morgan fingerprint density at radius 2 is 2.05 bits per heavy atom. The Balaban J connectivity index is 2.10. The average molecular weight is 300 g/mol. The quantitative estimate of drug-likeness (QED) is 0.727. The van der Waals surface area contributed by atoms with Crippen LogP contribution in [0.3, 0.4) is 0 Å². The number of aromatic amines is 1. The standard InChI is InChI=1S/C16H16N2O2S/c1-17-15(11-5-3-4-6-14(11)21-2)10-7-8-12-13(9-10)20-16(19)18-12/h3-9,15,17H,1-2H3,(H,18,19). The molecule has 0 radical (unpaired) electrons. The predicted molar refractivity (Wildman–Crippen MR) is 86.0 cm³/mol. The van der Waals surface area contributed by atoms with Crippen LogP contribution < -0.4 is 11.1 Å². The summed E-state index contributed by atoms with van der Waals surface area (Å²) in [7, 11) is 1.93. The Morgan fingerprint density at radius 3 is 2.81 bits per heavy atom. The number of aromatic nitrogens is 1. The Bertz CT molecular complexity index is 822. The maximum Gasteiger partial charge on any atom is 0.417 e. The number of hydrogen-bond acceptors (Lipinski definition) is 4. The first-order valence-electron chi connectivity index (χ1n) is 6.66. The second-order valence-corrected chi connectivity index (χ2v) is 5.58. The highest BCUT2D eigenvalue weighted by atomic mass is 32.2. The molecule has 0 aliphatic carbocycles. The largest absolute Gasteiger partial charge is 0.417 e. The van der Waals surface area contributed by atoms with Gasteiger partial charge in [-0.05, 0) is 42.6 Å². The van der Waals surface area contributed by atoms with Gasteiger partial charge in [0.25, 0.3) is 0 Å². The molecule has 0 amide bonds. The van der Waals surface area contributed by atoms with Crippen molar-refractivity contribution in [2.75, 3.05) is 13.3 Å². The Kier molecular flexibility index (Phi) is 3.86. The van der Waals surface area contributed by atoms with Crippen LogP contribution in [-0.4, -0.2) is 18.3 Å². The molecule has 1 atom stereocenters. The third-order valence-electron chi connectivity index (χ3n) is 3.52. The highest BCUT2D eigenvalue weighted by Crippen LogP contribution is 2.31. The van der Waals surface area contributed by atoms with E-state index in [2.05, 4.69) is 28.7 Å². The van der Waals surface area contributed by atoms with Crippen LogP contribution in [0.5, 0.6) is 0 Å². The number of H-pyrrole nitrogens is 1. The summed E-state index contributed by atoms with van der Waals surface area (Å²) < 4.78 is 5.15. The fourth-order valence-electron chi connectivity index (χ4n) is 2.55. The zero-order valence-corrected chi connectivity index (χ0v) is 12.7. The Hall–Kier alpha value is -1.98. The van der Waals surface area contributed by atoms with Crippen molar-refractivity contribution in [3.63, 3.8) is 0 Å². The molecule has 2 aromatic carbocycles. The minimum Gasteiger partial charge on any atom is -0.408 e. The molecular weight excluding hydrogens is 284 g/mol. The van der Waals surface area contributed by atoms with Gasteiger partial charge in [-0.2, -0.15) is 0 Å². The van der Waals surface area contributed by atoms with E-state index in [9.17, 15) is 4.79 Å². The number of nitrogens with one attached hydrogen (secondary N) is 2. The van der Waals surface area contributed by atoms with Crippen LogP contribution in [0.2, 0.25) is 0 Å². The van der Waals surface area contributed by atoms with Gasteiger partial charge in [0.1, 0.15) is 0 Å². The van der Waals surface area contributed by atoms with Crippen LogP contribution in [0.15, 0.2) is 56.6 Å². The van der Waals surface area contributed by atoms with Gasteiger partial charge in [-0.1, -0.05) is 24.3 Å². The van der Waals surface area contributed by atoms with Gasteiger partial charge in [0.2, 0.25) is 0 Å². The fourth-order valence-corrected chi connectivity index (χ4v) is 3.18. The highest BCUT2D eigenvalue weighted by Gasteiger charge is 2.16. The van der Waals surface area contributed by atoms with Crippen LogP contribution in [0.25, 0.3) is 11.1 Å². The second-order valence-electron chi connectivity index (χ2n) is 4.73. The Morgan fingerprint density at radius 1 is 1.24 bits per heavy atom. The van der Waals surface area contributed by atoms with Crippen LogP contribution in [-0.2, 0) is 0 Å². The molecule has 0 aliphatic heterocycles. The summed E-state index contributed by atoms with van der Waals surface area (Å²) in [5, 5.41) is 3.34. The molecule has 4 nitrogen and oxygen atoms in total. The zero-order valence-electron chi connectivity index (χ0n) is 11.8. The summed E-state index contributed by atoms with van der Waals surface area (Å²) in [5.41, 5.74) is 3.58. The van der Waals surface area contributed by atoms with E-state index < -0.39 is 5.76 Å². The third-order valence-corrected chi connectivity index (χ3v) is 4.33. The molecule has 0 aliphatic rings. The van der Waals surface area contributed by atoms with Gasteiger partial charge >= 0.3 is 5.76 Å². The number of benzene rings is 2. The molecule has 0 saturated carbocycles. The summed E-state index contributed by atoms with van der Waals surface area (Å²) in [5.74, 6) is -0.423. The minimum atomic E-state index is -0.423. The van der Waals surface area contributed by atoms with Gasteiger partial charge < -0.3 is 9.73 Å². The van der Waals surface area contributed by atoms with Crippen LogP contribution in [0.1, 0.15) is 17.2 Å². The lowest BCUT2D eigenvalue weighted by atomic mass is 9.98. The molecule has 0 bridgehead atoms. The molecule has 3 aromatic rings. The van der Waals surface area contributed by atoms with Gasteiger partial charge in [-0.15, -0.1) is 11.8 Å². The van der Waals surface area contributed by atoms with Crippen molar-refractivity contribution in [2.45, 2.75) is 10.9 Å². The topological polar surface area (TPSA) is 58.0 Å². The second kappa shape index (κ2) is 5.79.